The molecule has 1 aromatic heterocycles. The van der Waals surface area contributed by atoms with Crippen LogP contribution in [0.4, 0.5) is 0 Å². The molecule has 0 radical (unpaired) electrons. The molecule has 3 nitrogen and oxygen atoms in total. The Morgan fingerprint density at radius 2 is 2.36 bits per heavy atom. The van der Waals surface area contributed by atoms with Crippen LogP contribution in [-0.2, 0) is 13.1 Å². The lowest BCUT2D eigenvalue weighted by Gasteiger charge is -2.04. The van der Waals surface area contributed by atoms with Crippen molar-refractivity contribution < 1.29 is 0 Å². The zero-order chi connectivity index (χ0) is 10.6. The van der Waals surface area contributed by atoms with Gasteiger partial charge in [0.2, 0.25) is 0 Å². The zero-order valence-corrected chi connectivity index (χ0v) is 9.23. The molecule has 0 atom stereocenters. The standard InChI is InChI=1S/C10H14ClN3/c1-4-6-12-7-9-10(11)8(3)13-14(9)5-2/h1,12H,5-7H2,2-3H3. The van der Waals surface area contributed by atoms with Gasteiger partial charge in [0, 0.05) is 13.1 Å². The van der Waals surface area contributed by atoms with Gasteiger partial charge in [-0.25, -0.2) is 0 Å². The maximum absolute atomic E-state index is 6.10. The van der Waals surface area contributed by atoms with Gasteiger partial charge in [0.1, 0.15) is 0 Å². The van der Waals surface area contributed by atoms with Crippen LogP contribution in [0.25, 0.3) is 0 Å². The van der Waals surface area contributed by atoms with Gasteiger partial charge in [-0.2, -0.15) is 5.10 Å². The molecule has 0 aromatic carbocycles. The highest BCUT2D eigenvalue weighted by Gasteiger charge is 2.10. The SMILES string of the molecule is C#CCNCc1c(Cl)c(C)nn1CC. The third kappa shape index (κ3) is 2.28. The van der Waals surface area contributed by atoms with Crippen molar-refractivity contribution >= 4 is 11.6 Å². The molecule has 0 aliphatic rings. The minimum absolute atomic E-state index is 0.546. The molecule has 76 valence electrons. The molecule has 0 aliphatic heterocycles. The van der Waals surface area contributed by atoms with Gasteiger partial charge in [-0.3, -0.25) is 4.68 Å². The second-order valence-corrected chi connectivity index (χ2v) is 3.35. The Morgan fingerprint density at radius 1 is 1.64 bits per heavy atom. The predicted molar refractivity (Wildman–Crippen MR) is 58.2 cm³/mol. The summed E-state index contributed by atoms with van der Waals surface area (Å²) in [6, 6.07) is 0. The number of aryl methyl sites for hydroxylation is 2. The Morgan fingerprint density at radius 3 is 2.93 bits per heavy atom. The first-order valence-corrected chi connectivity index (χ1v) is 4.94. The topological polar surface area (TPSA) is 29.9 Å². The van der Waals surface area contributed by atoms with Gasteiger partial charge >= 0.3 is 0 Å². The van der Waals surface area contributed by atoms with Gasteiger partial charge in [-0.1, -0.05) is 17.5 Å². The fraction of sp³-hybridized carbons (Fsp3) is 0.500. The summed E-state index contributed by atoms with van der Waals surface area (Å²) in [5.74, 6) is 2.52. The van der Waals surface area contributed by atoms with Crippen molar-refractivity contribution in [3.8, 4) is 12.3 Å². The van der Waals surface area contributed by atoms with E-state index >= 15 is 0 Å². The van der Waals surface area contributed by atoms with Crippen molar-refractivity contribution in [3.05, 3.63) is 16.4 Å². The molecular formula is C10H14ClN3. The van der Waals surface area contributed by atoms with E-state index in [1.807, 2.05) is 18.5 Å². The van der Waals surface area contributed by atoms with Gasteiger partial charge in [0.25, 0.3) is 0 Å². The van der Waals surface area contributed by atoms with Crippen molar-refractivity contribution in [2.24, 2.45) is 0 Å². The highest BCUT2D eigenvalue weighted by Crippen LogP contribution is 2.19. The van der Waals surface area contributed by atoms with Crippen LogP contribution in [0, 0.1) is 19.3 Å². The fourth-order valence-corrected chi connectivity index (χ4v) is 1.49. The molecule has 1 aromatic rings. The summed E-state index contributed by atoms with van der Waals surface area (Å²) >= 11 is 6.10. The first-order chi connectivity index (χ1) is 6.70. The van der Waals surface area contributed by atoms with Crippen LogP contribution >= 0.6 is 11.6 Å². The molecule has 0 fully saturated rings. The first kappa shape index (κ1) is 11.1. The van der Waals surface area contributed by atoms with Crippen molar-refractivity contribution in [2.75, 3.05) is 6.54 Å². The Bertz CT molecular complexity index is 349. The molecule has 0 saturated carbocycles. The van der Waals surface area contributed by atoms with Crippen molar-refractivity contribution in [2.45, 2.75) is 26.9 Å². The van der Waals surface area contributed by atoms with E-state index in [4.69, 9.17) is 18.0 Å². The monoisotopic (exact) mass is 211 g/mol. The average Bonchev–Trinajstić information content (AvgIpc) is 2.45. The minimum atomic E-state index is 0.546. The van der Waals surface area contributed by atoms with Crippen LogP contribution in [0.15, 0.2) is 0 Å². The molecule has 0 unspecified atom stereocenters. The lowest BCUT2D eigenvalue weighted by atomic mass is 10.3. The van der Waals surface area contributed by atoms with E-state index in [1.165, 1.54) is 0 Å². The Balaban J connectivity index is 2.78. The summed E-state index contributed by atoms with van der Waals surface area (Å²) in [6.07, 6.45) is 5.14. The number of nitrogens with one attached hydrogen (secondary N) is 1. The van der Waals surface area contributed by atoms with Gasteiger partial charge in [0.05, 0.1) is 23.0 Å². The lowest BCUT2D eigenvalue weighted by Crippen LogP contribution is -2.16. The van der Waals surface area contributed by atoms with E-state index in [0.717, 1.165) is 23.0 Å². The number of terminal acetylenes is 1. The Labute approximate surface area is 89.4 Å². The number of rotatable bonds is 4. The molecule has 1 heterocycles. The number of hydrogen-bond donors (Lipinski definition) is 1. The largest absolute Gasteiger partial charge is 0.300 e. The van der Waals surface area contributed by atoms with E-state index < -0.39 is 0 Å². The molecule has 0 amide bonds. The minimum Gasteiger partial charge on any atom is -0.300 e. The van der Waals surface area contributed by atoms with E-state index in [2.05, 4.69) is 16.3 Å². The van der Waals surface area contributed by atoms with Gasteiger partial charge in [0.15, 0.2) is 0 Å². The molecule has 4 heteroatoms. The van der Waals surface area contributed by atoms with Gasteiger partial charge in [-0.15, -0.1) is 6.42 Å². The Kier molecular flexibility index (Phi) is 3.99. The van der Waals surface area contributed by atoms with Crippen LogP contribution in [0.5, 0.6) is 0 Å². The second kappa shape index (κ2) is 5.04. The van der Waals surface area contributed by atoms with E-state index in [-0.39, 0.29) is 0 Å². The summed E-state index contributed by atoms with van der Waals surface area (Å²) in [5.41, 5.74) is 1.87. The van der Waals surface area contributed by atoms with Crippen LogP contribution in [0.2, 0.25) is 5.02 Å². The molecule has 0 spiro atoms. The summed E-state index contributed by atoms with van der Waals surface area (Å²) in [4.78, 5) is 0. The maximum atomic E-state index is 6.10. The van der Waals surface area contributed by atoms with E-state index in [0.29, 0.717) is 13.1 Å². The summed E-state index contributed by atoms with van der Waals surface area (Å²) in [5, 5.41) is 8.13. The summed E-state index contributed by atoms with van der Waals surface area (Å²) < 4.78 is 1.89. The quantitative estimate of drug-likeness (QED) is 0.606. The van der Waals surface area contributed by atoms with Crippen molar-refractivity contribution in [3.63, 3.8) is 0 Å². The molecule has 0 saturated heterocycles. The Hall–Kier alpha value is -0.980. The zero-order valence-electron chi connectivity index (χ0n) is 8.47. The molecular weight excluding hydrogens is 198 g/mol. The van der Waals surface area contributed by atoms with Gasteiger partial charge < -0.3 is 5.32 Å². The first-order valence-electron chi connectivity index (χ1n) is 4.56. The molecule has 0 bridgehead atoms. The highest BCUT2D eigenvalue weighted by atomic mass is 35.5. The van der Waals surface area contributed by atoms with Crippen molar-refractivity contribution in [1.29, 1.82) is 0 Å². The van der Waals surface area contributed by atoms with Crippen LogP contribution in [0.3, 0.4) is 0 Å². The van der Waals surface area contributed by atoms with E-state index in [9.17, 15) is 0 Å². The summed E-state index contributed by atoms with van der Waals surface area (Å²) in [7, 11) is 0. The maximum Gasteiger partial charge on any atom is 0.0860 e. The second-order valence-electron chi connectivity index (χ2n) is 2.97. The van der Waals surface area contributed by atoms with Crippen LogP contribution in [-0.4, -0.2) is 16.3 Å². The number of halogens is 1. The molecule has 0 aliphatic carbocycles. The summed E-state index contributed by atoms with van der Waals surface area (Å²) in [6.45, 7) is 5.97. The number of aromatic nitrogens is 2. The fourth-order valence-electron chi connectivity index (χ4n) is 1.29. The number of nitrogens with zero attached hydrogens (tertiary/aromatic N) is 2. The molecule has 1 rings (SSSR count). The third-order valence-electron chi connectivity index (χ3n) is 1.97. The lowest BCUT2D eigenvalue weighted by molar-refractivity contribution is 0.594. The molecule has 14 heavy (non-hydrogen) atoms. The van der Waals surface area contributed by atoms with Crippen molar-refractivity contribution in [1.82, 2.24) is 15.1 Å². The normalized spacial score (nSPS) is 10.1. The predicted octanol–water partition coefficient (Wildman–Crippen LogP) is 1.59. The molecule has 1 N–H and O–H groups in total. The highest BCUT2D eigenvalue weighted by molar-refractivity contribution is 6.31. The average molecular weight is 212 g/mol. The number of hydrogen-bond acceptors (Lipinski definition) is 2. The van der Waals surface area contributed by atoms with Crippen LogP contribution in [0.1, 0.15) is 18.3 Å². The van der Waals surface area contributed by atoms with Crippen LogP contribution < -0.4 is 5.32 Å². The van der Waals surface area contributed by atoms with Gasteiger partial charge in [-0.05, 0) is 13.8 Å². The van der Waals surface area contributed by atoms with E-state index in [1.54, 1.807) is 0 Å². The third-order valence-corrected chi connectivity index (χ3v) is 2.46. The smallest absolute Gasteiger partial charge is 0.0860 e.